The van der Waals surface area contributed by atoms with Crippen LogP contribution in [0.15, 0.2) is 22.7 Å². The Morgan fingerprint density at radius 2 is 2.28 bits per heavy atom. The van der Waals surface area contributed by atoms with E-state index in [1.165, 1.54) is 0 Å². The molecule has 0 saturated carbocycles. The van der Waals surface area contributed by atoms with E-state index in [0.29, 0.717) is 5.25 Å². The van der Waals surface area contributed by atoms with Gasteiger partial charge in [-0.05, 0) is 37.1 Å². The summed E-state index contributed by atoms with van der Waals surface area (Å²) >= 11 is 5.44. The first-order chi connectivity index (χ1) is 8.60. The molecule has 1 saturated heterocycles. The van der Waals surface area contributed by atoms with Crippen molar-refractivity contribution in [2.75, 3.05) is 18.8 Å². The molecule has 1 aliphatic heterocycles. The third-order valence-electron chi connectivity index (χ3n) is 3.17. The summed E-state index contributed by atoms with van der Waals surface area (Å²) in [6.45, 7) is 5.95. The van der Waals surface area contributed by atoms with Crippen LogP contribution in [0.5, 0.6) is 0 Å². The van der Waals surface area contributed by atoms with Gasteiger partial charge < -0.3 is 4.90 Å². The molecule has 98 valence electrons. The first-order valence-electron chi connectivity index (χ1n) is 6.28. The van der Waals surface area contributed by atoms with E-state index in [1.807, 2.05) is 41.8 Å². The molecule has 0 radical (unpaired) electrons. The quantitative estimate of drug-likeness (QED) is 0.825. The lowest BCUT2D eigenvalue weighted by atomic mass is 10.1. The second kappa shape index (κ2) is 6.11. The maximum atomic E-state index is 12.5. The third kappa shape index (κ3) is 3.29. The zero-order chi connectivity index (χ0) is 13.1. The van der Waals surface area contributed by atoms with Gasteiger partial charge in [0, 0.05) is 34.1 Å². The summed E-state index contributed by atoms with van der Waals surface area (Å²) in [7, 11) is 0. The lowest BCUT2D eigenvalue weighted by Crippen LogP contribution is -2.41. The van der Waals surface area contributed by atoms with Crippen LogP contribution in [0.1, 0.15) is 29.3 Å². The fourth-order valence-electron chi connectivity index (χ4n) is 2.19. The Labute approximate surface area is 121 Å². The van der Waals surface area contributed by atoms with Gasteiger partial charge in [-0.1, -0.05) is 22.9 Å². The Balaban J connectivity index is 2.15. The summed E-state index contributed by atoms with van der Waals surface area (Å²) < 4.78 is 0.976. The molecular formula is C14H18BrNOS. The Morgan fingerprint density at radius 3 is 2.94 bits per heavy atom. The molecule has 1 aromatic carbocycles. The maximum absolute atomic E-state index is 12.5. The molecule has 0 aromatic heterocycles. The summed E-state index contributed by atoms with van der Waals surface area (Å²) in [5, 5.41) is 0.593. The topological polar surface area (TPSA) is 20.3 Å². The van der Waals surface area contributed by atoms with E-state index >= 15 is 0 Å². The van der Waals surface area contributed by atoms with Crippen LogP contribution in [0.25, 0.3) is 0 Å². The predicted octanol–water partition coefficient (Wildman–Crippen LogP) is 3.73. The number of amides is 1. The smallest absolute Gasteiger partial charge is 0.253 e. The summed E-state index contributed by atoms with van der Waals surface area (Å²) in [4.78, 5) is 14.5. The maximum Gasteiger partial charge on any atom is 0.253 e. The molecule has 0 N–H and O–H groups in total. The van der Waals surface area contributed by atoms with Gasteiger partial charge in [-0.15, -0.1) is 0 Å². The van der Waals surface area contributed by atoms with Crippen LogP contribution >= 0.6 is 27.7 Å². The van der Waals surface area contributed by atoms with Gasteiger partial charge in [0.05, 0.1) is 0 Å². The molecule has 0 spiro atoms. The molecule has 2 nitrogen and oxygen atoms in total. The number of hydrogen-bond acceptors (Lipinski definition) is 2. The van der Waals surface area contributed by atoms with Crippen molar-refractivity contribution in [3.8, 4) is 0 Å². The number of thioether (sulfide) groups is 1. The molecule has 1 aromatic rings. The second-order valence-electron chi connectivity index (χ2n) is 4.67. The molecule has 4 heteroatoms. The highest BCUT2D eigenvalue weighted by Crippen LogP contribution is 2.23. The molecule has 1 fully saturated rings. The molecule has 2 rings (SSSR count). The minimum Gasteiger partial charge on any atom is -0.337 e. The van der Waals surface area contributed by atoms with Gasteiger partial charge in [-0.2, -0.15) is 11.8 Å². The van der Waals surface area contributed by atoms with Gasteiger partial charge >= 0.3 is 0 Å². The number of benzene rings is 1. The monoisotopic (exact) mass is 327 g/mol. The summed E-state index contributed by atoms with van der Waals surface area (Å²) in [5.74, 6) is 1.22. The van der Waals surface area contributed by atoms with Crippen LogP contribution in [-0.2, 0) is 0 Å². The molecule has 0 bridgehead atoms. The first-order valence-corrected chi connectivity index (χ1v) is 8.12. The van der Waals surface area contributed by atoms with Crippen molar-refractivity contribution in [2.24, 2.45) is 0 Å². The fourth-order valence-corrected chi connectivity index (χ4v) is 3.98. The molecular weight excluding hydrogens is 310 g/mol. The standard InChI is InChI=1S/C14H18BrNOS/c1-3-13-9-16(4-5-18-13)14(17)11-6-10(2)7-12(15)8-11/h6-8,13H,3-5,9H2,1-2H3. The van der Waals surface area contributed by atoms with Crippen LogP contribution in [0.3, 0.4) is 0 Å². The lowest BCUT2D eigenvalue weighted by molar-refractivity contribution is 0.0761. The third-order valence-corrected chi connectivity index (χ3v) is 5.00. The zero-order valence-corrected chi connectivity index (χ0v) is 13.2. The van der Waals surface area contributed by atoms with Gasteiger partial charge in [0.1, 0.15) is 0 Å². The van der Waals surface area contributed by atoms with Crippen molar-refractivity contribution in [3.63, 3.8) is 0 Å². The Kier molecular flexibility index (Phi) is 4.73. The van der Waals surface area contributed by atoms with E-state index in [2.05, 4.69) is 22.9 Å². The van der Waals surface area contributed by atoms with Crippen LogP contribution in [0.2, 0.25) is 0 Å². The molecule has 1 aliphatic rings. The van der Waals surface area contributed by atoms with E-state index in [0.717, 1.165) is 40.9 Å². The minimum atomic E-state index is 0.165. The summed E-state index contributed by atoms with van der Waals surface area (Å²) in [6.07, 6.45) is 1.13. The number of aryl methyl sites for hydroxylation is 1. The number of carbonyl (C=O) groups excluding carboxylic acids is 1. The van der Waals surface area contributed by atoms with Crippen molar-refractivity contribution in [2.45, 2.75) is 25.5 Å². The van der Waals surface area contributed by atoms with Crippen LogP contribution in [-0.4, -0.2) is 34.9 Å². The molecule has 0 aliphatic carbocycles. The zero-order valence-electron chi connectivity index (χ0n) is 10.8. The largest absolute Gasteiger partial charge is 0.337 e. The Hall–Kier alpha value is -0.480. The van der Waals surface area contributed by atoms with E-state index in [4.69, 9.17) is 0 Å². The highest BCUT2D eigenvalue weighted by molar-refractivity contribution is 9.10. The summed E-state index contributed by atoms with van der Waals surface area (Å²) in [6, 6.07) is 5.91. The predicted molar refractivity (Wildman–Crippen MR) is 81.3 cm³/mol. The first kappa shape index (κ1) is 13.9. The van der Waals surface area contributed by atoms with E-state index < -0.39 is 0 Å². The number of rotatable bonds is 2. The van der Waals surface area contributed by atoms with E-state index in [-0.39, 0.29) is 5.91 Å². The molecule has 1 amide bonds. The lowest BCUT2D eigenvalue weighted by Gasteiger charge is -2.32. The highest BCUT2D eigenvalue weighted by Gasteiger charge is 2.24. The van der Waals surface area contributed by atoms with Gasteiger partial charge in [0.2, 0.25) is 0 Å². The highest BCUT2D eigenvalue weighted by atomic mass is 79.9. The second-order valence-corrected chi connectivity index (χ2v) is 6.99. The number of carbonyl (C=O) groups is 1. The van der Waals surface area contributed by atoms with Gasteiger partial charge in [0.15, 0.2) is 0 Å². The fraction of sp³-hybridized carbons (Fsp3) is 0.500. The average molecular weight is 328 g/mol. The van der Waals surface area contributed by atoms with E-state index in [9.17, 15) is 4.79 Å². The van der Waals surface area contributed by atoms with Crippen molar-refractivity contribution >= 4 is 33.6 Å². The van der Waals surface area contributed by atoms with Gasteiger partial charge in [-0.3, -0.25) is 4.79 Å². The van der Waals surface area contributed by atoms with Crippen molar-refractivity contribution < 1.29 is 4.79 Å². The van der Waals surface area contributed by atoms with Crippen LogP contribution < -0.4 is 0 Å². The SMILES string of the molecule is CCC1CN(C(=O)c2cc(C)cc(Br)c2)CCS1. The molecule has 18 heavy (non-hydrogen) atoms. The minimum absolute atomic E-state index is 0.165. The number of hydrogen-bond donors (Lipinski definition) is 0. The Morgan fingerprint density at radius 1 is 1.50 bits per heavy atom. The molecule has 1 unspecified atom stereocenters. The van der Waals surface area contributed by atoms with Crippen molar-refractivity contribution in [1.29, 1.82) is 0 Å². The average Bonchev–Trinajstić information content (AvgIpc) is 2.37. The van der Waals surface area contributed by atoms with Crippen molar-refractivity contribution in [3.05, 3.63) is 33.8 Å². The summed E-state index contributed by atoms with van der Waals surface area (Å²) in [5.41, 5.74) is 1.91. The Bertz CT molecular complexity index is 429. The molecule has 1 atom stereocenters. The van der Waals surface area contributed by atoms with Gasteiger partial charge in [-0.25, -0.2) is 0 Å². The van der Waals surface area contributed by atoms with E-state index in [1.54, 1.807) is 0 Å². The van der Waals surface area contributed by atoms with Crippen LogP contribution in [0, 0.1) is 6.92 Å². The molecule has 1 heterocycles. The van der Waals surface area contributed by atoms with Gasteiger partial charge in [0.25, 0.3) is 5.91 Å². The number of nitrogens with zero attached hydrogens (tertiary/aromatic N) is 1. The van der Waals surface area contributed by atoms with Crippen LogP contribution in [0.4, 0.5) is 0 Å². The van der Waals surface area contributed by atoms with Crippen molar-refractivity contribution in [1.82, 2.24) is 4.90 Å². The normalized spacial score (nSPS) is 19.9. The number of halogens is 1.